The van der Waals surface area contributed by atoms with Crippen molar-refractivity contribution in [2.75, 3.05) is 5.32 Å². The van der Waals surface area contributed by atoms with Gasteiger partial charge in [0.15, 0.2) is 0 Å². The molecule has 0 spiro atoms. The summed E-state index contributed by atoms with van der Waals surface area (Å²) in [6.45, 7) is 2.30. The van der Waals surface area contributed by atoms with Gasteiger partial charge in [0.05, 0.1) is 11.3 Å². The van der Waals surface area contributed by atoms with Gasteiger partial charge in [0.25, 0.3) is 5.91 Å². The van der Waals surface area contributed by atoms with Gasteiger partial charge in [-0.2, -0.15) is 0 Å². The molecule has 0 saturated carbocycles. The summed E-state index contributed by atoms with van der Waals surface area (Å²) in [5.41, 5.74) is 1.93. The van der Waals surface area contributed by atoms with E-state index < -0.39 is 0 Å². The minimum Gasteiger partial charge on any atom is -0.348 e. The summed E-state index contributed by atoms with van der Waals surface area (Å²) < 4.78 is 0. The molecule has 0 radical (unpaired) electrons. The monoisotopic (exact) mass is 320 g/mol. The van der Waals surface area contributed by atoms with E-state index in [1.807, 2.05) is 43.3 Å². The molecule has 0 atom stereocenters. The highest BCUT2D eigenvalue weighted by Crippen LogP contribution is 2.15. The molecule has 0 aromatic heterocycles. The van der Waals surface area contributed by atoms with E-state index in [2.05, 4.69) is 10.6 Å². The molecule has 4 heteroatoms. The van der Waals surface area contributed by atoms with E-state index in [1.54, 1.807) is 36.4 Å². The van der Waals surface area contributed by atoms with E-state index in [0.717, 1.165) is 5.56 Å². The summed E-state index contributed by atoms with van der Waals surface area (Å²) in [7, 11) is 0. The van der Waals surface area contributed by atoms with Gasteiger partial charge in [-0.15, -0.1) is 0 Å². The topological polar surface area (TPSA) is 58.2 Å². The van der Waals surface area contributed by atoms with E-state index in [-0.39, 0.29) is 11.8 Å². The summed E-state index contributed by atoms with van der Waals surface area (Å²) in [6, 6.07) is 16.6. The molecule has 0 heterocycles. The molecule has 4 nitrogen and oxygen atoms in total. The Hall–Kier alpha value is -3.14. The minimum absolute atomic E-state index is 0.229. The first-order chi connectivity index (χ1) is 11.7. The fourth-order valence-electron chi connectivity index (χ4n) is 2.09. The molecule has 2 amide bonds. The van der Waals surface area contributed by atoms with Gasteiger partial charge >= 0.3 is 0 Å². The summed E-state index contributed by atoms with van der Waals surface area (Å²) in [6.07, 6.45) is 6.65. The van der Waals surface area contributed by atoms with Gasteiger partial charge in [-0.3, -0.25) is 9.59 Å². The van der Waals surface area contributed by atoms with Crippen molar-refractivity contribution in [2.24, 2.45) is 0 Å². The summed E-state index contributed by atoms with van der Waals surface area (Å²) in [5.74, 6) is -0.511. The van der Waals surface area contributed by atoms with E-state index in [1.165, 1.54) is 6.08 Å². The molecule has 122 valence electrons. The normalized spacial score (nSPS) is 10.9. The third kappa shape index (κ3) is 5.25. The van der Waals surface area contributed by atoms with Crippen LogP contribution in [0.5, 0.6) is 0 Å². The number of anilines is 1. The van der Waals surface area contributed by atoms with Gasteiger partial charge in [0, 0.05) is 12.6 Å². The number of amides is 2. The van der Waals surface area contributed by atoms with Crippen molar-refractivity contribution in [3.63, 3.8) is 0 Å². The lowest BCUT2D eigenvalue weighted by Crippen LogP contribution is -2.24. The molecule has 2 rings (SSSR count). The van der Waals surface area contributed by atoms with Crippen molar-refractivity contribution >= 4 is 17.5 Å². The smallest absolute Gasteiger partial charge is 0.253 e. The number of hydrogen-bond acceptors (Lipinski definition) is 2. The highest BCUT2D eigenvalue weighted by atomic mass is 16.2. The van der Waals surface area contributed by atoms with E-state index >= 15 is 0 Å². The molecule has 0 unspecified atom stereocenters. The second-order valence-electron chi connectivity index (χ2n) is 5.09. The predicted molar refractivity (Wildman–Crippen MR) is 96.6 cm³/mol. The SMILES string of the molecule is CC=CC=CC(=O)Nc1ccccc1C(=O)NCc1ccccc1. The first-order valence-corrected chi connectivity index (χ1v) is 7.72. The molecule has 0 aliphatic heterocycles. The highest BCUT2D eigenvalue weighted by Gasteiger charge is 2.11. The Kier molecular flexibility index (Phi) is 6.53. The zero-order chi connectivity index (χ0) is 17.2. The number of allylic oxidation sites excluding steroid dienone is 3. The maximum Gasteiger partial charge on any atom is 0.253 e. The lowest BCUT2D eigenvalue weighted by atomic mass is 10.1. The maximum absolute atomic E-state index is 12.4. The van der Waals surface area contributed by atoms with Crippen LogP contribution in [0.4, 0.5) is 5.69 Å². The fraction of sp³-hybridized carbons (Fsp3) is 0.100. The van der Waals surface area contributed by atoms with Crippen molar-refractivity contribution < 1.29 is 9.59 Å². The van der Waals surface area contributed by atoms with Crippen molar-refractivity contribution in [2.45, 2.75) is 13.5 Å². The molecule has 0 aliphatic rings. The summed E-state index contributed by atoms with van der Waals surface area (Å²) in [4.78, 5) is 24.3. The quantitative estimate of drug-likeness (QED) is 0.630. The minimum atomic E-state index is -0.281. The summed E-state index contributed by atoms with van der Waals surface area (Å²) in [5, 5.41) is 5.59. The number of nitrogens with one attached hydrogen (secondary N) is 2. The Labute approximate surface area is 141 Å². The van der Waals surface area contributed by atoms with Crippen LogP contribution in [0.15, 0.2) is 78.9 Å². The third-order valence-corrected chi connectivity index (χ3v) is 3.28. The van der Waals surface area contributed by atoms with Gasteiger partial charge in [-0.1, -0.05) is 60.7 Å². The van der Waals surface area contributed by atoms with Gasteiger partial charge in [-0.25, -0.2) is 0 Å². The van der Waals surface area contributed by atoms with E-state index in [4.69, 9.17) is 0 Å². The molecule has 0 bridgehead atoms. The van der Waals surface area contributed by atoms with Gasteiger partial charge in [-0.05, 0) is 24.6 Å². The van der Waals surface area contributed by atoms with Crippen molar-refractivity contribution in [1.29, 1.82) is 0 Å². The van der Waals surface area contributed by atoms with Gasteiger partial charge in [0.1, 0.15) is 0 Å². The third-order valence-electron chi connectivity index (χ3n) is 3.28. The number of carbonyl (C=O) groups excluding carboxylic acids is 2. The number of rotatable bonds is 6. The van der Waals surface area contributed by atoms with Crippen LogP contribution in [0.2, 0.25) is 0 Å². The van der Waals surface area contributed by atoms with E-state index in [9.17, 15) is 9.59 Å². The van der Waals surface area contributed by atoms with Crippen LogP contribution in [0, 0.1) is 0 Å². The Morgan fingerprint density at radius 2 is 1.67 bits per heavy atom. The number of hydrogen-bond donors (Lipinski definition) is 2. The molecule has 2 aromatic carbocycles. The van der Waals surface area contributed by atoms with Crippen molar-refractivity contribution in [3.05, 3.63) is 90.0 Å². The lowest BCUT2D eigenvalue weighted by Gasteiger charge is -2.10. The number of para-hydroxylation sites is 1. The zero-order valence-electron chi connectivity index (χ0n) is 13.5. The Morgan fingerprint density at radius 1 is 0.958 bits per heavy atom. The van der Waals surface area contributed by atoms with Crippen LogP contribution in [0.25, 0.3) is 0 Å². The molecule has 0 saturated heterocycles. The molecule has 2 N–H and O–H groups in total. The first kappa shape index (κ1) is 17.2. The predicted octanol–water partition coefficient (Wildman–Crippen LogP) is 3.69. The van der Waals surface area contributed by atoms with Crippen LogP contribution < -0.4 is 10.6 Å². The lowest BCUT2D eigenvalue weighted by molar-refractivity contribution is -0.111. The highest BCUT2D eigenvalue weighted by molar-refractivity contribution is 6.06. The fourth-order valence-corrected chi connectivity index (χ4v) is 2.09. The molecular formula is C20H20N2O2. The molecule has 0 fully saturated rings. The van der Waals surface area contributed by atoms with Crippen LogP contribution in [-0.2, 0) is 11.3 Å². The van der Waals surface area contributed by atoms with Gasteiger partial charge in [0.2, 0.25) is 5.91 Å². The maximum atomic E-state index is 12.4. The standard InChI is InChI=1S/C20H20N2O2/c1-2-3-5-14-19(23)22-18-13-9-8-12-17(18)20(24)21-15-16-10-6-4-7-11-16/h2-14H,15H2,1H3,(H,21,24)(H,22,23). The molecular weight excluding hydrogens is 300 g/mol. The number of benzene rings is 2. The van der Waals surface area contributed by atoms with Crippen LogP contribution >= 0.6 is 0 Å². The van der Waals surface area contributed by atoms with Gasteiger partial charge < -0.3 is 10.6 Å². The number of carbonyl (C=O) groups is 2. The molecule has 2 aromatic rings. The molecule has 0 aliphatic carbocycles. The zero-order valence-corrected chi connectivity index (χ0v) is 13.5. The Bertz CT molecular complexity index is 749. The van der Waals surface area contributed by atoms with Crippen molar-refractivity contribution in [3.8, 4) is 0 Å². The van der Waals surface area contributed by atoms with Crippen LogP contribution in [-0.4, -0.2) is 11.8 Å². The Balaban J connectivity index is 2.04. The average molecular weight is 320 g/mol. The Morgan fingerprint density at radius 3 is 2.42 bits per heavy atom. The first-order valence-electron chi connectivity index (χ1n) is 7.72. The second kappa shape index (κ2) is 9.10. The second-order valence-corrected chi connectivity index (χ2v) is 5.09. The largest absolute Gasteiger partial charge is 0.348 e. The molecule has 24 heavy (non-hydrogen) atoms. The van der Waals surface area contributed by atoms with E-state index in [0.29, 0.717) is 17.8 Å². The summed E-state index contributed by atoms with van der Waals surface area (Å²) >= 11 is 0. The van der Waals surface area contributed by atoms with Crippen LogP contribution in [0.1, 0.15) is 22.8 Å². The average Bonchev–Trinajstić information content (AvgIpc) is 2.61. The van der Waals surface area contributed by atoms with Crippen LogP contribution in [0.3, 0.4) is 0 Å². The van der Waals surface area contributed by atoms with Crippen molar-refractivity contribution in [1.82, 2.24) is 5.32 Å².